The van der Waals surface area contributed by atoms with Gasteiger partial charge in [-0.15, -0.1) is 0 Å². The van der Waals surface area contributed by atoms with Crippen LogP contribution in [0, 0.1) is 0 Å². The van der Waals surface area contributed by atoms with Crippen LogP contribution in [0.25, 0.3) is 0 Å². The fraction of sp³-hybridized carbons (Fsp3) is 0.261. The Hall–Kier alpha value is -2.31. The molecule has 28 heavy (non-hydrogen) atoms. The molecule has 4 nitrogen and oxygen atoms in total. The lowest BCUT2D eigenvalue weighted by molar-refractivity contribution is 0.119. The van der Waals surface area contributed by atoms with Crippen molar-refractivity contribution in [2.24, 2.45) is 5.90 Å². The first kappa shape index (κ1) is 20.4. The van der Waals surface area contributed by atoms with Crippen molar-refractivity contribution in [3.8, 4) is 0 Å². The molecule has 0 aliphatic carbocycles. The van der Waals surface area contributed by atoms with Crippen LogP contribution in [-0.2, 0) is 27.9 Å². The van der Waals surface area contributed by atoms with Crippen LogP contribution in [0.5, 0.6) is 0 Å². The van der Waals surface area contributed by atoms with E-state index < -0.39 is 9.04 Å². The van der Waals surface area contributed by atoms with Crippen molar-refractivity contribution < 1.29 is 9.26 Å². The van der Waals surface area contributed by atoms with Gasteiger partial charge in [0.2, 0.25) is 0 Å². The molecule has 0 atom stereocenters. The van der Waals surface area contributed by atoms with Crippen molar-refractivity contribution in [3.05, 3.63) is 89.7 Å². The highest BCUT2D eigenvalue weighted by atomic mass is 28.3. The van der Waals surface area contributed by atoms with Crippen LogP contribution in [-0.4, -0.2) is 14.0 Å². The minimum atomic E-state index is -1.44. The number of pyridine rings is 1. The van der Waals surface area contributed by atoms with Crippen molar-refractivity contribution in [1.29, 1.82) is 0 Å². The SMILES string of the molecule is CC(C)(C)c1ccccc1[Si](OCc1cccnc1CON)c1ccccc1. The van der Waals surface area contributed by atoms with Gasteiger partial charge in [0.1, 0.15) is 6.61 Å². The number of nitrogens with two attached hydrogens (primary N) is 1. The third-order valence-electron chi connectivity index (χ3n) is 4.59. The summed E-state index contributed by atoms with van der Waals surface area (Å²) < 4.78 is 6.59. The van der Waals surface area contributed by atoms with E-state index in [1.807, 2.05) is 18.2 Å². The summed E-state index contributed by atoms with van der Waals surface area (Å²) in [5.74, 6) is 5.26. The monoisotopic (exact) mass is 391 g/mol. The summed E-state index contributed by atoms with van der Waals surface area (Å²) in [6, 6.07) is 23.0. The average molecular weight is 392 g/mol. The van der Waals surface area contributed by atoms with Gasteiger partial charge in [0.15, 0.2) is 0 Å². The van der Waals surface area contributed by atoms with Gasteiger partial charge in [-0.1, -0.05) is 81.4 Å². The normalized spacial score (nSPS) is 11.8. The lowest BCUT2D eigenvalue weighted by Crippen LogP contribution is -2.48. The topological polar surface area (TPSA) is 57.4 Å². The molecule has 3 rings (SSSR count). The second kappa shape index (κ2) is 9.25. The van der Waals surface area contributed by atoms with E-state index in [0.29, 0.717) is 6.61 Å². The van der Waals surface area contributed by atoms with E-state index in [4.69, 9.17) is 15.2 Å². The maximum absolute atomic E-state index is 6.59. The van der Waals surface area contributed by atoms with Gasteiger partial charge in [-0.05, 0) is 27.4 Å². The molecular weight excluding hydrogens is 364 g/mol. The van der Waals surface area contributed by atoms with Crippen LogP contribution in [0.4, 0.5) is 0 Å². The molecule has 0 bridgehead atoms. The maximum Gasteiger partial charge on any atom is 0.283 e. The molecule has 145 valence electrons. The van der Waals surface area contributed by atoms with E-state index >= 15 is 0 Å². The number of hydrogen-bond acceptors (Lipinski definition) is 4. The fourth-order valence-electron chi connectivity index (χ4n) is 3.20. The molecular formula is C23H27N2O2Si. The molecule has 1 heterocycles. The first-order valence-electron chi connectivity index (χ1n) is 9.40. The van der Waals surface area contributed by atoms with Crippen molar-refractivity contribution in [2.45, 2.75) is 39.4 Å². The highest BCUT2D eigenvalue weighted by Gasteiger charge is 2.27. The fourth-order valence-corrected chi connectivity index (χ4v) is 5.58. The Morgan fingerprint density at radius 3 is 2.32 bits per heavy atom. The second-order valence-electron chi connectivity index (χ2n) is 7.70. The van der Waals surface area contributed by atoms with E-state index in [-0.39, 0.29) is 12.0 Å². The molecule has 2 N–H and O–H groups in total. The molecule has 1 radical (unpaired) electrons. The third kappa shape index (κ3) is 4.94. The Kier molecular flexibility index (Phi) is 6.75. The Bertz CT molecular complexity index is 894. The highest BCUT2D eigenvalue weighted by molar-refractivity contribution is 6.80. The predicted octanol–water partition coefficient (Wildman–Crippen LogP) is 3.09. The Labute approximate surface area is 169 Å². The molecule has 1 aromatic heterocycles. The number of nitrogens with zero attached hydrogens (tertiary/aromatic N) is 1. The van der Waals surface area contributed by atoms with Gasteiger partial charge in [0.25, 0.3) is 9.04 Å². The summed E-state index contributed by atoms with van der Waals surface area (Å²) in [4.78, 5) is 9.17. The van der Waals surface area contributed by atoms with Gasteiger partial charge in [-0.25, -0.2) is 5.90 Å². The van der Waals surface area contributed by atoms with E-state index in [1.54, 1.807) is 6.20 Å². The molecule has 0 saturated carbocycles. The van der Waals surface area contributed by atoms with Gasteiger partial charge in [0.05, 0.1) is 12.3 Å². The van der Waals surface area contributed by atoms with Gasteiger partial charge >= 0.3 is 0 Å². The molecule has 0 aliphatic rings. The summed E-state index contributed by atoms with van der Waals surface area (Å²) in [7, 11) is -1.44. The van der Waals surface area contributed by atoms with Gasteiger partial charge < -0.3 is 4.43 Å². The van der Waals surface area contributed by atoms with Crippen molar-refractivity contribution in [3.63, 3.8) is 0 Å². The number of benzene rings is 2. The summed E-state index contributed by atoms with van der Waals surface area (Å²) in [6.45, 7) is 7.47. The van der Waals surface area contributed by atoms with Crippen LogP contribution < -0.4 is 16.3 Å². The minimum absolute atomic E-state index is 0.0392. The van der Waals surface area contributed by atoms with E-state index in [1.165, 1.54) is 15.9 Å². The van der Waals surface area contributed by atoms with Crippen molar-refractivity contribution in [2.75, 3.05) is 0 Å². The van der Waals surface area contributed by atoms with Gasteiger partial charge in [-0.3, -0.25) is 9.82 Å². The Morgan fingerprint density at radius 2 is 1.61 bits per heavy atom. The van der Waals surface area contributed by atoms with Gasteiger partial charge in [0, 0.05) is 11.8 Å². The van der Waals surface area contributed by atoms with Crippen LogP contribution in [0.2, 0.25) is 0 Å². The summed E-state index contributed by atoms with van der Waals surface area (Å²) in [5.41, 5.74) is 3.17. The maximum atomic E-state index is 6.59. The molecule has 0 aliphatic heterocycles. The largest absolute Gasteiger partial charge is 0.403 e. The zero-order valence-corrected chi connectivity index (χ0v) is 17.7. The molecule has 0 unspecified atom stereocenters. The minimum Gasteiger partial charge on any atom is -0.403 e. The van der Waals surface area contributed by atoms with Crippen molar-refractivity contribution in [1.82, 2.24) is 4.98 Å². The molecule has 2 aromatic carbocycles. The zero-order valence-electron chi connectivity index (χ0n) is 16.7. The molecule has 0 amide bonds. The first-order chi connectivity index (χ1) is 13.5. The third-order valence-corrected chi connectivity index (χ3v) is 6.81. The Morgan fingerprint density at radius 1 is 0.893 bits per heavy atom. The summed E-state index contributed by atoms with van der Waals surface area (Å²) >= 11 is 0. The molecule has 3 aromatic rings. The van der Waals surface area contributed by atoms with Crippen LogP contribution >= 0.6 is 0 Å². The second-order valence-corrected chi connectivity index (χ2v) is 9.76. The standard InChI is InChI=1S/C23H27N2O2Si/c1-23(2,3)20-13-7-8-14-22(20)28(19-11-5-4-6-12-19)27-16-18-10-9-15-25-21(18)17-26-24/h4-15H,16-17,24H2,1-3H3. The molecule has 0 spiro atoms. The predicted molar refractivity (Wildman–Crippen MR) is 115 cm³/mol. The molecule has 0 saturated heterocycles. The first-order valence-corrected chi connectivity index (χ1v) is 10.8. The Balaban J connectivity index is 1.97. The lowest BCUT2D eigenvalue weighted by atomic mass is 9.87. The van der Waals surface area contributed by atoms with E-state index in [0.717, 1.165) is 11.3 Å². The number of rotatable bonds is 7. The van der Waals surface area contributed by atoms with Crippen LogP contribution in [0.15, 0.2) is 72.9 Å². The molecule has 5 heteroatoms. The van der Waals surface area contributed by atoms with Crippen LogP contribution in [0.1, 0.15) is 37.6 Å². The van der Waals surface area contributed by atoms with E-state index in [2.05, 4.69) is 74.3 Å². The number of aromatic nitrogens is 1. The summed E-state index contributed by atoms with van der Waals surface area (Å²) in [6.07, 6.45) is 1.75. The zero-order chi connectivity index (χ0) is 20.0. The lowest BCUT2D eigenvalue weighted by Gasteiger charge is -2.26. The van der Waals surface area contributed by atoms with Gasteiger partial charge in [-0.2, -0.15) is 0 Å². The average Bonchev–Trinajstić information content (AvgIpc) is 2.70. The van der Waals surface area contributed by atoms with Crippen molar-refractivity contribution >= 4 is 19.4 Å². The van der Waals surface area contributed by atoms with E-state index in [9.17, 15) is 0 Å². The smallest absolute Gasteiger partial charge is 0.283 e. The highest BCUT2D eigenvalue weighted by Crippen LogP contribution is 2.21. The van der Waals surface area contributed by atoms with Crippen LogP contribution in [0.3, 0.4) is 0 Å². The quantitative estimate of drug-likeness (QED) is 0.497. The molecule has 0 fully saturated rings. The number of hydrogen-bond donors (Lipinski definition) is 1. The summed E-state index contributed by atoms with van der Waals surface area (Å²) in [5, 5.41) is 2.51.